The van der Waals surface area contributed by atoms with Crippen molar-refractivity contribution in [2.75, 3.05) is 32.8 Å². The van der Waals surface area contributed by atoms with Crippen molar-refractivity contribution >= 4 is 0 Å². The van der Waals surface area contributed by atoms with Gasteiger partial charge in [-0.05, 0) is 56.6 Å². The molecule has 6 heteroatoms. The number of nitrogens with zero attached hydrogens (tertiary/aromatic N) is 2. The zero-order chi connectivity index (χ0) is 17.8. The molecule has 0 radical (unpaired) electrons. The average molecular weight is 358 g/mol. The summed E-state index contributed by atoms with van der Waals surface area (Å²) in [5.41, 5.74) is 3.03. The molecule has 5 nitrogen and oxygen atoms in total. The standard InChI is InChI=1S/C20H27FN4O/c21-18-5-3-15(4-6-18)20-17(12-23-24-20)11-22-13-19(16-7-10-26-14-16)25-8-1-2-9-25/h3-6,12,16,19,22H,1-2,7-11,13-14H2,(H,23,24)/t16-,19-/m1/s1. The van der Waals surface area contributed by atoms with Gasteiger partial charge < -0.3 is 10.1 Å². The minimum absolute atomic E-state index is 0.222. The van der Waals surface area contributed by atoms with Gasteiger partial charge in [-0.25, -0.2) is 4.39 Å². The van der Waals surface area contributed by atoms with E-state index in [1.165, 1.54) is 38.1 Å². The highest BCUT2D eigenvalue weighted by Gasteiger charge is 2.31. The Bertz CT molecular complexity index is 674. The number of hydrogen-bond donors (Lipinski definition) is 2. The molecule has 2 fully saturated rings. The molecule has 1 aromatic carbocycles. The van der Waals surface area contributed by atoms with E-state index < -0.39 is 0 Å². The highest BCUT2D eigenvalue weighted by Crippen LogP contribution is 2.25. The van der Waals surface area contributed by atoms with E-state index in [9.17, 15) is 4.39 Å². The Balaban J connectivity index is 1.39. The molecule has 0 spiro atoms. The highest BCUT2D eigenvalue weighted by molar-refractivity contribution is 5.62. The summed E-state index contributed by atoms with van der Waals surface area (Å²) in [6, 6.07) is 7.08. The van der Waals surface area contributed by atoms with E-state index in [-0.39, 0.29) is 5.82 Å². The van der Waals surface area contributed by atoms with E-state index in [2.05, 4.69) is 20.4 Å². The van der Waals surface area contributed by atoms with Crippen molar-refractivity contribution in [2.24, 2.45) is 5.92 Å². The first-order valence-electron chi connectivity index (χ1n) is 9.62. The van der Waals surface area contributed by atoms with Gasteiger partial charge in [0.1, 0.15) is 5.82 Å². The Morgan fingerprint density at radius 3 is 2.81 bits per heavy atom. The molecule has 0 unspecified atom stereocenters. The van der Waals surface area contributed by atoms with Crippen LogP contribution in [0.25, 0.3) is 11.3 Å². The number of ether oxygens (including phenoxy) is 1. The molecule has 0 saturated carbocycles. The number of benzene rings is 1. The van der Waals surface area contributed by atoms with Crippen LogP contribution in [0, 0.1) is 11.7 Å². The van der Waals surface area contributed by atoms with Crippen molar-refractivity contribution < 1.29 is 9.13 Å². The molecular weight excluding hydrogens is 331 g/mol. The minimum atomic E-state index is -0.222. The third-order valence-corrected chi connectivity index (χ3v) is 5.64. The van der Waals surface area contributed by atoms with Gasteiger partial charge in [-0.15, -0.1) is 0 Å². The molecule has 2 atom stereocenters. The zero-order valence-corrected chi connectivity index (χ0v) is 15.1. The zero-order valence-electron chi connectivity index (χ0n) is 15.1. The number of aromatic nitrogens is 2. The van der Waals surface area contributed by atoms with Crippen LogP contribution in [0.1, 0.15) is 24.8 Å². The van der Waals surface area contributed by atoms with Gasteiger partial charge in [0, 0.05) is 42.8 Å². The first-order valence-corrected chi connectivity index (χ1v) is 9.62. The van der Waals surface area contributed by atoms with E-state index >= 15 is 0 Å². The lowest BCUT2D eigenvalue weighted by Gasteiger charge is -2.32. The lowest BCUT2D eigenvalue weighted by atomic mass is 9.97. The fraction of sp³-hybridized carbons (Fsp3) is 0.550. The van der Waals surface area contributed by atoms with Gasteiger partial charge in [0.25, 0.3) is 0 Å². The van der Waals surface area contributed by atoms with Crippen molar-refractivity contribution in [3.05, 3.63) is 41.8 Å². The van der Waals surface area contributed by atoms with Crippen LogP contribution in [0.5, 0.6) is 0 Å². The molecule has 2 aliphatic heterocycles. The van der Waals surface area contributed by atoms with Crippen LogP contribution < -0.4 is 5.32 Å². The Hall–Kier alpha value is -1.76. The first kappa shape index (κ1) is 17.6. The number of aromatic amines is 1. The van der Waals surface area contributed by atoms with Crippen molar-refractivity contribution in [2.45, 2.75) is 31.8 Å². The number of rotatable bonds is 7. The molecule has 0 bridgehead atoms. The largest absolute Gasteiger partial charge is 0.381 e. The molecule has 1 aromatic heterocycles. The summed E-state index contributed by atoms with van der Waals surface area (Å²) in [7, 11) is 0. The summed E-state index contributed by atoms with van der Waals surface area (Å²) in [6.45, 7) is 5.90. The Labute approximate surface area is 153 Å². The normalized spacial score (nSPS) is 22.1. The Morgan fingerprint density at radius 2 is 2.08 bits per heavy atom. The van der Waals surface area contributed by atoms with Gasteiger partial charge in [0.05, 0.1) is 18.5 Å². The van der Waals surface area contributed by atoms with Gasteiger partial charge in [0.2, 0.25) is 0 Å². The van der Waals surface area contributed by atoms with Crippen LogP contribution in [-0.4, -0.2) is 54.0 Å². The maximum Gasteiger partial charge on any atom is 0.123 e. The molecule has 0 amide bonds. The van der Waals surface area contributed by atoms with Crippen molar-refractivity contribution in [3.8, 4) is 11.3 Å². The summed E-state index contributed by atoms with van der Waals surface area (Å²) < 4.78 is 18.8. The predicted octanol–water partition coefficient (Wildman–Crippen LogP) is 2.81. The van der Waals surface area contributed by atoms with Gasteiger partial charge in [0.15, 0.2) is 0 Å². The van der Waals surface area contributed by atoms with E-state index in [0.717, 1.165) is 49.5 Å². The molecule has 2 aliphatic rings. The summed E-state index contributed by atoms with van der Waals surface area (Å²) >= 11 is 0. The fourth-order valence-electron chi connectivity index (χ4n) is 4.19. The second-order valence-corrected chi connectivity index (χ2v) is 7.34. The summed E-state index contributed by atoms with van der Waals surface area (Å²) in [6.07, 6.45) is 5.63. The summed E-state index contributed by atoms with van der Waals surface area (Å²) in [5.74, 6) is 0.404. The average Bonchev–Trinajstić information content (AvgIpc) is 3.41. The molecule has 3 heterocycles. The van der Waals surface area contributed by atoms with Crippen molar-refractivity contribution in [1.82, 2.24) is 20.4 Å². The van der Waals surface area contributed by atoms with Gasteiger partial charge in [-0.2, -0.15) is 5.10 Å². The molecule has 2 aromatic rings. The van der Waals surface area contributed by atoms with E-state index in [4.69, 9.17) is 4.74 Å². The number of nitrogens with one attached hydrogen (secondary N) is 2. The third kappa shape index (κ3) is 3.98. The quantitative estimate of drug-likeness (QED) is 0.799. The molecule has 4 rings (SSSR count). The van der Waals surface area contributed by atoms with Gasteiger partial charge >= 0.3 is 0 Å². The van der Waals surface area contributed by atoms with E-state index in [1.807, 2.05) is 6.20 Å². The number of hydrogen-bond acceptors (Lipinski definition) is 4. The van der Waals surface area contributed by atoms with Crippen LogP contribution in [-0.2, 0) is 11.3 Å². The lowest BCUT2D eigenvalue weighted by molar-refractivity contribution is 0.134. The predicted molar refractivity (Wildman–Crippen MR) is 99.2 cm³/mol. The van der Waals surface area contributed by atoms with E-state index in [0.29, 0.717) is 12.0 Å². The topological polar surface area (TPSA) is 53.2 Å². The fourth-order valence-corrected chi connectivity index (χ4v) is 4.19. The maximum atomic E-state index is 13.2. The smallest absolute Gasteiger partial charge is 0.123 e. The van der Waals surface area contributed by atoms with Gasteiger partial charge in [-0.1, -0.05) is 0 Å². The van der Waals surface area contributed by atoms with Crippen molar-refractivity contribution in [3.63, 3.8) is 0 Å². The Kier molecular flexibility index (Phi) is 5.62. The lowest BCUT2D eigenvalue weighted by Crippen LogP contribution is -2.45. The third-order valence-electron chi connectivity index (χ3n) is 5.64. The van der Waals surface area contributed by atoms with Crippen LogP contribution in [0.15, 0.2) is 30.5 Å². The van der Waals surface area contributed by atoms with Gasteiger partial charge in [-0.3, -0.25) is 10.00 Å². The SMILES string of the molecule is Fc1ccc(-c2[nH]ncc2CNC[C@H]([C@@H]2CCOC2)N2CCCC2)cc1. The molecule has 0 aliphatic carbocycles. The molecule has 140 valence electrons. The van der Waals surface area contributed by atoms with Crippen LogP contribution >= 0.6 is 0 Å². The number of halogens is 1. The maximum absolute atomic E-state index is 13.2. The molecule has 26 heavy (non-hydrogen) atoms. The minimum Gasteiger partial charge on any atom is -0.381 e. The second-order valence-electron chi connectivity index (χ2n) is 7.34. The second kappa shape index (κ2) is 8.29. The molecule has 2 N–H and O–H groups in total. The van der Waals surface area contributed by atoms with Crippen LogP contribution in [0.4, 0.5) is 4.39 Å². The van der Waals surface area contributed by atoms with E-state index in [1.54, 1.807) is 12.1 Å². The first-order chi connectivity index (χ1) is 12.8. The Morgan fingerprint density at radius 1 is 1.27 bits per heavy atom. The molecule has 2 saturated heterocycles. The number of H-pyrrole nitrogens is 1. The highest BCUT2D eigenvalue weighted by atomic mass is 19.1. The van der Waals surface area contributed by atoms with Crippen LogP contribution in [0.2, 0.25) is 0 Å². The molecular formula is C20H27FN4O. The monoisotopic (exact) mass is 358 g/mol. The summed E-state index contributed by atoms with van der Waals surface area (Å²) in [4.78, 5) is 2.63. The number of likely N-dealkylation sites (tertiary alicyclic amines) is 1. The van der Waals surface area contributed by atoms with Crippen molar-refractivity contribution in [1.29, 1.82) is 0 Å². The van der Waals surface area contributed by atoms with Crippen LogP contribution in [0.3, 0.4) is 0 Å². The summed E-state index contributed by atoms with van der Waals surface area (Å²) in [5, 5.41) is 10.9.